The quantitative estimate of drug-likeness (QED) is 0.802. The van der Waals surface area contributed by atoms with Gasteiger partial charge in [0.05, 0.1) is 6.61 Å². The lowest BCUT2D eigenvalue weighted by Gasteiger charge is -2.44. The summed E-state index contributed by atoms with van der Waals surface area (Å²) in [7, 11) is 0. The summed E-state index contributed by atoms with van der Waals surface area (Å²) < 4.78 is 11.0. The van der Waals surface area contributed by atoms with Crippen molar-refractivity contribution < 1.29 is 19.1 Å². The van der Waals surface area contributed by atoms with Gasteiger partial charge in [-0.3, -0.25) is 0 Å². The number of carbonyl (C=O) groups is 2. The van der Waals surface area contributed by atoms with E-state index in [1.807, 2.05) is 18.2 Å². The van der Waals surface area contributed by atoms with Crippen molar-refractivity contribution >= 4 is 12.1 Å². The number of esters is 1. The Labute approximate surface area is 161 Å². The zero-order valence-corrected chi connectivity index (χ0v) is 16.4. The molecule has 1 unspecified atom stereocenters. The van der Waals surface area contributed by atoms with Gasteiger partial charge in [0.2, 0.25) is 0 Å². The Bertz CT molecular complexity index is 648. The van der Waals surface area contributed by atoms with Crippen LogP contribution in [-0.2, 0) is 14.3 Å². The van der Waals surface area contributed by atoms with Crippen molar-refractivity contribution in [2.45, 2.75) is 45.3 Å². The summed E-state index contributed by atoms with van der Waals surface area (Å²) in [5, 5.41) is 2.67. The zero-order valence-electron chi connectivity index (χ0n) is 16.4. The van der Waals surface area contributed by atoms with Crippen molar-refractivity contribution in [2.75, 3.05) is 26.2 Å². The first-order valence-corrected chi connectivity index (χ1v) is 9.75. The van der Waals surface area contributed by atoms with Crippen molar-refractivity contribution in [3.05, 3.63) is 35.9 Å². The number of nitrogens with zero attached hydrogens (tertiary/aromatic N) is 1. The Balaban J connectivity index is 1.63. The Hall–Kier alpha value is -2.08. The van der Waals surface area contributed by atoms with Crippen LogP contribution in [0.1, 0.15) is 45.2 Å². The van der Waals surface area contributed by atoms with Gasteiger partial charge in [-0.2, -0.15) is 0 Å². The summed E-state index contributed by atoms with van der Waals surface area (Å²) >= 11 is 0. The number of piperidine rings is 3. The minimum atomic E-state index is -0.873. The highest BCUT2D eigenvalue weighted by molar-refractivity contribution is 5.82. The van der Waals surface area contributed by atoms with Crippen LogP contribution in [0.4, 0.5) is 4.79 Å². The number of amides is 1. The first-order chi connectivity index (χ1) is 12.8. The number of hydrogen-bond acceptors (Lipinski definition) is 5. The van der Waals surface area contributed by atoms with Crippen LogP contribution in [0.5, 0.6) is 0 Å². The van der Waals surface area contributed by atoms with E-state index in [1.54, 1.807) is 32.9 Å². The van der Waals surface area contributed by atoms with Crippen LogP contribution in [0.25, 0.3) is 0 Å². The molecule has 1 aromatic carbocycles. The molecular formula is C21H30N2O4. The third-order valence-electron chi connectivity index (χ3n) is 5.26. The fourth-order valence-corrected chi connectivity index (χ4v) is 3.90. The van der Waals surface area contributed by atoms with Crippen molar-refractivity contribution in [3.8, 4) is 0 Å². The van der Waals surface area contributed by atoms with E-state index in [9.17, 15) is 9.59 Å². The Kier molecular flexibility index (Phi) is 6.05. The van der Waals surface area contributed by atoms with Crippen LogP contribution in [0.3, 0.4) is 0 Å². The molecule has 1 aromatic rings. The van der Waals surface area contributed by atoms with Gasteiger partial charge in [0.25, 0.3) is 0 Å². The topological polar surface area (TPSA) is 67.9 Å². The molecule has 27 heavy (non-hydrogen) atoms. The standard InChI is InChI=1S/C21H30N2O4/c1-21(2,3)27-20(25)22-18(16-7-5-4-6-8-16)19(24)26-14-17-13-23-11-9-15(17)10-12-23/h4-8,15,17-18H,9-14H2,1-3H3,(H,22,25)/t17-,18?/m1/s1. The van der Waals surface area contributed by atoms with Gasteiger partial charge in [0.1, 0.15) is 5.60 Å². The van der Waals surface area contributed by atoms with Gasteiger partial charge in [-0.05, 0) is 58.2 Å². The van der Waals surface area contributed by atoms with Gasteiger partial charge in [0, 0.05) is 12.5 Å². The van der Waals surface area contributed by atoms with Crippen LogP contribution < -0.4 is 5.32 Å². The molecule has 3 aliphatic heterocycles. The van der Waals surface area contributed by atoms with Crippen LogP contribution in [0, 0.1) is 11.8 Å². The van der Waals surface area contributed by atoms with E-state index in [1.165, 1.54) is 12.8 Å². The summed E-state index contributed by atoms with van der Waals surface area (Å²) in [6, 6.07) is 8.27. The molecular weight excluding hydrogens is 344 g/mol. The lowest BCUT2D eigenvalue weighted by atomic mass is 9.79. The molecule has 0 aromatic heterocycles. The average Bonchev–Trinajstić information content (AvgIpc) is 2.64. The lowest BCUT2D eigenvalue weighted by Crippen LogP contribution is -2.49. The Morgan fingerprint density at radius 2 is 1.85 bits per heavy atom. The zero-order chi connectivity index (χ0) is 19.4. The molecule has 0 radical (unpaired) electrons. The molecule has 0 spiro atoms. The molecule has 3 fully saturated rings. The second-order valence-corrected chi connectivity index (χ2v) is 8.52. The normalized spacial score (nSPS) is 25.5. The maximum atomic E-state index is 12.8. The third-order valence-corrected chi connectivity index (χ3v) is 5.26. The number of fused-ring (bicyclic) bond motifs is 3. The smallest absolute Gasteiger partial charge is 0.408 e. The van der Waals surface area contributed by atoms with Crippen LogP contribution in [0.2, 0.25) is 0 Å². The van der Waals surface area contributed by atoms with Gasteiger partial charge >= 0.3 is 12.1 Å². The minimum absolute atomic E-state index is 0.384. The predicted octanol–water partition coefficient (Wildman–Crippen LogP) is 3.14. The SMILES string of the molecule is CC(C)(C)OC(=O)NC(C(=O)OC[C@H]1CN2CCC1CC2)c1ccccc1. The molecule has 3 heterocycles. The average molecular weight is 374 g/mol. The van der Waals surface area contributed by atoms with Gasteiger partial charge in [0.15, 0.2) is 6.04 Å². The monoisotopic (exact) mass is 374 g/mol. The molecule has 6 heteroatoms. The first-order valence-electron chi connectivity index (χ1n) is 9.75. The van der Waals surface area contributed by atoms with E-state index in [-0.39, 0.29) is 0 Å². The van der Waals surface area contributed by atoms with E-state index in [0.717, 1.165) is 19.6 Å². The van der Waals surface area contributed by atoms with Crippen LogP contribution in [-0.4, -0.2) is 48.8 Å². The summed E-state index contributed by atoms with van der Waals surface area (Å²) in [6.45, 7) is 9.07. The number of alkyl carbamates (subject to hydrolysis) is 1. The fourth-order valence-electron chi connectivity index (χ4n) is 3.90. The van der Waals surface area contributed by atoms with Crippen molar-refractivity contribution in [2.24, 2.45) is 11.8 Å². The number of ether oxygens (including phenoxy) is 2. The second kappa shape index (κ2) is 8.30. The maximum Gasteiger partial charge on any atom is 0.408 e. The van der Waals surface area contributed by atoms with Crippen molar-refractivity contribution in [3.63, 3.8) is 0 Å². The van der Waals surface area contributed by atoms with E-state index in [2.05, 4.69) is 10.2 Å². The highest BCUT2D eigenvalue weighted by Crippen LogP contribution is 2.32. The van der Waals surface area contributed by atoms with E-state index < -0.39 is 23.7 Å². The molecule has 3 saturated heterocycles. The molecule has 148 valence electrons. The molecule has 2 bridgehead atoms. The molecule has 0 saturated carbocycles. The number of hydrogen-bond donors (Lipinski definition) is 1. The molecule has 4 rings (SSSR count). The Morgan fingerprint density at radius 1 is 1.19 bits per heavy atom. The molecule has 0 aliphatic carbocycles. The fraction of sp³-hybridized carbons (Fsp3) is 0.619. The van der Waals surface area contributed by atoms with Crippen LogP contribution >= 0.6 is 0 Å². The van der Waals surface area contributed by atoms with Crippen molar-refractivity contribution in [1.29, 1.82) is 0 Å². The summed E-state index contributed by atoms with van der Waals surface area (Å²) in [4.78, 5) is 27.4. The molecule has 1 N–H and O–H groups in total. The molecule has 2 atom stereocenters. The third kappa shape index (κ3) is 5.45. The van der Waals surface area contributed by atoms with Crippen LogP contribution in [0.15, 0.2) is 30.3 Å². The summed E-state index contributed by atoms with van der Waals surface area (Å²) in [5.41, 5.74) is 0.0487. The van der Waals surface area contributed by atoms with Gasteiger partial charge in [-0.15, -0.1) is 0 Å². The number of rotatable bonds is 5. The lowest BCUT2D eigenvalue weighted by molar-refractivity contribution is -0.150. The largest absolute Gasteiger partial charge is 0.464 e. The molecule has 1 amide bonds. The first kappa shape index (κ1) is 19.7. The van der Waals surface area contributed by atoms with Gasteiger partial charge < -0.3 is 19.7 Å². The number of carbonyl (C=O) groups excluding carboxylic acids is 2. The molecule has 3 aliphatic rings. The highest BCUT2D eigenvalue weighted by Gasteiger charge is 2.35. The second-order valence-electron chi connectivity index (χ2n) is 8.52. The summed E-state index contributed by atoms with van der Waals surface area (Å²) in [5.74, 6) is 0.578. The highest BCUT2D eigenvalue weighted by atomic mass is 16.6. The van der Waals surface area contributed by atoms with Crippen molar-refractivity contribution in [1.82, 2.24) is 10.2 Å². The number of benzene rings is 1. The predicted molar refractivity (Wildman–Crippen MR) is 102 cm³/mol. The number of nitrogens with one attached hydrogen (secondary N) is 1. The van der Waals surface area contributed by atoms with E-state index >= 15 is 0 Å². The van der Waals surface area contributed by atoms with E-state index in [0.29, 0.717) is 24.0 Å². The molecule has 6 nitrogen and oxygen atoms in total. The summed E-state index contributed by atoms with van der Waals surface area (Å²) in [6.07, 6.45) is 1.73. The minimum Gasteiger partial charge on any atom is -0.464 e. The van der Waals surface area contributed by atoms with Gasteiger partial charge in [-0.25, -0.2) is 9.59 Å². The van der Waals surface area contributed by atoms with E-state index in [4.69, 9.17) is 9.47 Å². The van der Waals surface area contributed by atoms with Gasteiger partial charge in [-0.1, -0.05) is 30.3 Å². The Morgan fingerprint density at radius 3 is 2.41 bits per heavy atom. The maximum absolute atomic E-state index is 12.8.